The monoisotopic (exact) mass is 428 g/mol. The summed E-state index contributed by atoms with van der Waals surface area (Å²) in [6.45, 7) is 4.38. The van der Waals surface area contributed by atoms with Gasteiger partial charge in [0, 0.05) is 30.6 Å². The van der Waals surface area contributed by atoms with Crippen molar-refractivity contribution in [2.75, 3.05) is 38.6 Å². The lowest BCUT2D eigenvalue weighted by Gasteiger charge is -2.31. The SMILES string of the molecule is Cc1nc(N)nc(C)c1CCC(=O)N1CCOCC(O)(CNC(=O)c2ccccn2)C1. The second kappa shape index (κ2) is 9.80. The number of aryl methyl sites for hydroxylation is 2. The molecule has 2 amide bonds. The lowest BCUT2D eigenvalue weighted by molar-refractivity contribution is -0.133. The molecule has 1 aliphatic rings. The third kappa shape index (κ3) is 5.96. The maximum atomic E-state index is 12.9. The molecule has 0 saturated carbocycles. The summed E-state index contributed by atoms with van der Waals surface area (Å²) in [6, 6.07) is 5.01. The number of nitrogens with one attached hydrogen (secondary N) is 1. The molecule has 0 aliphatic carbocycles. The fourth-order valence-corrected chi connectivity index (χ4v) is 3.59. The quantitative estimate of drug-likeness (QED) is 0.584. The molecule has 2 aromatic rings. The number of carbonyl (C=O) groups excluding carboxylic acids is 2. The fourth-order valence-electron chi connectivity index (χ4n) is 3.59. The summed E-state index contributed by atoms with van der Waals surface area (Å²) in [7, 11) is 0. The molecule has 10 heteroatoms. The van der Waals surface area contributed by atoms with Gasteiger partial charge >= 0.3 is 0 Å². The smallest absolute Gasteiger partial charge is 0.269 e. The van der Waals surface area contributed by atoms with Crippen LogP contribution in [-0.2, 0) is 16.0 Å². The van der Waals surface area contributed by atoms with E-state index < -0.39 is 11.5 Å². The molecule has 1 aliphatic heterocycles. The first-order chi connectivity index (χ1) is 14.8. The van der Waals surface area contributed by atoms with E-state index in [1.165, 1.54) is 6.20 Å². The van der Waals surface area contributed by atoms with E-state index in [1.807, 2.05) is 13.8 Å². The predicted molar refractivity (Wildman–Crippen MR) is 113 cm³/mol. The van der Waals surface area contributed by atoms with Crippen LogP contribution in [-0.4, -0.2) is 75.2 Å². The van der Waals surface area contributed by atoms with Crippen molar-refractivity contribution in [1.82, 2.24) is 25.2 Å². The molecule has 4 N–H and O–H groups in total. The number of rotatable bonds is 6. The fraction of sp³-hybridized carbons (Fsp3) is 0.476. The Hall–Kier alpha value is -3.11. The van der Waals surface area contributed by atoms with E-state index in [9.17, 15) is 14.7 Å². The third-order valence-electron chi connectivity index (χ3n) is 5.22. The van der Waals surface area contributed by atoms with Gasteiger partial charge in [0.1, 0.15) is 11.3 Å². The number of aromatic nitrogens is 3. The Bertz CT molecular complexity index is 916. The largest absolute Gasteiger partial charge is 0.384 e. The van der Waals surface area contributed by atoms with Gasteiger partial charge in [0.25, 0.3) is 5.91 Å². The van der Waals surface area contributed by atoms with Crippen LogP contribution in [0.25, 0.3) is 0 Å². The number of hydrogen-bond acceptors (Lipinski definition) is 8. The Kier molecular flexibility index (Phi) is 7.13. The van der Waals surface area contributed by atoms with Crippen molar-refractivity contribution in [1.29, 1.82) is 0 Å². The van der Waals surface area contributed by atoms with Gasteiger partial charge in [0.05, 0.1) is 26.3 Å². The molecule has 1 saturated heterocycles. The number of amides is 2. The number of nitrogen functional groups attached to an aromatic ring is 1. The van der Waals surface area contributed by atoms with E-state index in [1.54, 1.807) is 23.1 Å². The van der Waals surface area contributed by atoms with Crippen LogP contribution in [0.1, 0.15) is 33.9 Å². The van der Waals surface area contributed by atoms with Gasteiger partial charge in [-0.2, -0.15) is 0 Å². The molecule has 10 nitrogen and oxygen atoms in total. The highest BCUT2D eigenvalue weighted by molar-refractivity contribution is 5.92. The summed E-state index contributed by atoms with van der Waals surface area (Å²) in [5.74, 6) is -0.298. The van der Waals surface area contributed by atoms with Crippen molar-refractivity contribution >= 4 is 17.8 Å². The van der Waals surface area contributed by atoms with E-state index in [0.29, 0.717) is 19.6 Å². The number of anilines is 1. The van der Waals surface area contributed by atoms with Gasteiger partial charge in [-0.05, 0) is 38.0 Å². The van der Waals surface area contributed by atoms with Crippen LogP contribution in [0.4, 0.5) is 5.95 Å². The maximum Gasteiger partial charge on any atom is 0.269 e. The number of β-amino-alcohol motifs (C(OH)–C–C–N with tert-alkyl or cyclic N) is 1. The van der Waals surface area contributed by atoms with Gasteiger partial charge in [-0.15, -0.1) is 0 Å². The molecule has 166 valence electrons. The van der Waals surface area contributed by atoms with E-state index in [0.717, 1.165) is 17.0 Å². The van der Waals surface area contributed by atoms with Gasteiger partial charge < -0.3 is 25.8 Å². The number of nitrogens with zero attached hydrogens (tertiary/aromatic N) is 4. The van der Waals surface area contributed by atoms with Crippen molar-refractivity contribution in [2.45, 2.75) is 32.3 Å². The van der Waals surface area contributed by atoms with E-state index in [2.05, 4.69) is 20.3 Å². The standard InChI is InChI=1S/C21H28N6O4/c1-14-16(15(2)26-20(22)25-14)6-7-18(28)27-9-10-31-13-21(30,12-27)11-24-19(29)17-5-3-4-8-23-17/h3-5,8,30H,6-7,9-13H2,1-2H3,(H,24,29)(H2,22,25,26). The molecule has 0 bridgehead atoms. The summed E-state index contributed by atoms with van der Waals surface area (Å²) < 4.78 is 5.50. The second-order valence-electron chi connectivity index (χ2n) is 7.72. The molecule has 1 fully saturated rings. The van der Waals surface area contributed by atoms with E-state index >= 15 is 0 Å². The molecule has 0 spiro atoms. The summed E-state index contributed by atoms with van der Waals surface area (Å²) in [4.78, 5) is 39.0. The maximum absolute atomic E-state index is 12.9. The van der Waals surface area contributed by atoms with Crippen LogP contribution in [0, 0.1) is 13.8 Å². The number of hydrogen-bond donors (Lipinski definition) is 3. The molecule has 2 aromatic heterocycles. The zero-order chi connectivity index (χ0) is 22.4. The Morgan fingerprint density at radius 3 is 2.71 bits per heavy atom. The normalized spacial score (nSPS) is 19.0. The van der Waals surface area contributed by atoms with Crippen LogP contribution >= 0.6 is 0 Å². The van der Waals surface area contributed by atoms with Gasteiger partial charge in [-0.25, -0.2) is 9.97 Å². The van der Waals surface area contributed by atoms with Crippen LogP contribution in [0.3, 0.4) is 0 Å². The van der Waals surface area contributed by atoms with Crippen molar-refractivity contribution < 1.29 is 19.4 Å². The Labute approximate surface area is 180 Å². The highest BCUT2D eigenvalue weighted by atomic mass is 16.5. The first-order valence-corrected chi connectivity index (χ1v) is 10.1. The molecule has 0 radical (unpaired) electrons. The second-order valence-corrected chi connectivity index (χ2v) is 7.72. The van der Waals surface area contributed by atoms with Crippen LogP contribution in [0.5, 0.6) is 0 Å². The van der Waals surface area contributed by atoms with Crippen molar-refractivity contribution in [2.24, 2.45) is 0 Å². The lowest BCUT2D eigenvalue weighted by Crippen LogP contribution is -2.53. The molecule has 1 unspecified atom stereocenters. The van der Waals surface area contributed by atoms with Crippen LogP contribution < -0.4 is 11.1 Å². The molecule has 31 heavy (non-hydrogen) atoms. The van der Waals surface area contributed by atoms with Gasteiger partial charge in [-0.1, -0.05) is 6.07 Å². The molecule has 0 aromatic carbocycles. The van der Waals surface area contributed by atoms with Gasteiger partial charge in [-0.3, -0.25) is 14.6 Å². The number of carbonyl (C=O) groups is 2. The van der Waals surface area contributed by atoms with Gasteiger partial charge in [0.2, 0.25) is 11.9 Å². The molecule has 3 rings (SSSR count). The molecule has 1 atom stereocenters. The Balaban J connectivity index is 1.60. The van der Waals surface area contributed by atoms with Crippen molar-refractivity contribution in [3.8, 4) is 0 Å². The topological polar surface area (TPSA) is 144 Å². The molecule has 3 heterocycles. The average Bonchev–Trinajstić information content (AvgIpc) is 2.94. The summed E-state index contributed by atoms with van der Waals surface area (Å²) in [6.07, 6.45) is 2.24. The number of nitrogens with two attached hydrogens (primary N) is 1. The van der Waals surface area contributed by atoms with Gasteiger partial charge in [0.15, 0.2) is 0 Å². The number of aliphatic hydroxyl groups is 1. The Morgan fingerprint density at radius 2 is 2.03 bits per heavy atom. The summed E-state index contributed by atoms with van der Waals surface area (Å²) in [5.41, 5.74) is 6.93. The summed E-state index contributed by atoms with van der Waals surface area (Å²) in [5, 5.41) is 13.7. The number of ether oxygens (including phenoxy) is 1. The van der Waals surface area contributed by atoms with Crippen molar-refractivity contribution in [3.05, 3.63) is 47.0 Å². The summed E-state index contributed by atoms with van der Waals surface area (Å²) >= 11 is 0. The van der Waals surface area contributed by atoms with E-state index in [4.69, 9.17) is 10.5 Å². The third-order valence-corrected chi connectivity index (χ3v) is 5.22. The first kappa shape index (κ1) is 22.6. The lowest BCUT2D eigenvalue weighted by atomic mass is 10.0. The van der Waals surface area contributed by atoms with E-state index in [-0.39, 0.29) is 43.7 Å². The first-order valence-electron chi connectivity index (χ1n) is 10.1. The minimum absolute atomic E-state index is 0.0172. The minimum Gasteiger partial charge on any atom is -0.384 e. The van der Waals surface area contributed by atoms with Crippen molar-refractivity contribution in [3.63, 3.8) is 0 Å². The van der Waals surface area contributed by atoms with Crippen LogP contribution in [0.15, 0.2) is 24.4 Å². The molecular weight excluding hydrogens is 400 g/mol. The molecular formula is C21H28N6O4. The predicted octanol–water partition coefficient (Wildman–Crippen LogP) is 0.0231. The van der Waals surface area contributed by atoms with Crippen LogP contribution in [0.2, 0.25) is 0 Å². The number of pyridine rings is 1. The highest BCUT2D eigenvalue weighted by Crippen LogP contribution is 2.17. The average molecular weight is 428 g/mol. The zero-order valence-electron chi connectivity index (χ0n) is 17.8. The zero-order valence-corrected chi connectivity index (χ0v) is 17.8. The Morgan fingerprint density at radius 1 is 1.29 bits per heavy atom. The minimum atomic E-state index is -1.40. The highest BCUT2D eigenvalue weighted by Gasteiger charge is 2.35.